The van der Waals surface area contributed by atoms with Crippen LogP contribution in [-0.4, -0.2) is 37.8 Å². The quantitative estimate of drug-likeness (QED) is 0.220. The molecule has 9 heteroatoms. The fourth-order valence-corrected chi connectivity index (χ4v) is 3.86. The summed E-state index contributed by atoms with van der Waals surface area (Å²) in [5.74, 6) is 0.723. The van der Waals surface area contributed by atoms with Gasteiger partial charge in [0.2, 0.25) is 0 Å². The predicted octanol–water partition coefficient (Wildman–Crippen LogP) is 5.04. The second kappa shape index (κ2) is 13.4. The predicted molar refractivity (Wildman–Crippen MR) is 139 cm³/mol. The van der Waals surface area contributed by atoms with Crippen molar-refractivity contribution in [3.05, 3.63) is 56.1 Å². The molecule has 2 N–H and O–H groups in total. The lowest BCUT2D eigenvalue weighted by molar-refractivity contribution is -0.123. The van der Waals surface area contributed by atoms with Crippen molar-refractivity contribution in [2.75, 3.05) is 13.7 Å². The zero-order valence-electron chi connectivity index (χ0n) is 19.2. The first kappa shape index (κ1) is 26.9. The normalized spacial score (nSPS) is 12.0. The van der Waals surface area contributed by atoms with Crippen molar-refractivity contribution in [1.29, 1.82) is 0 Å². The summed E-state index contributed by atoms with van der Waals surface area (Å²) in [4.78, 5) is 25.3. The first-order valence-electron chi connectivity index (χ1n) is 10.6. The molecule has 1 atom stereocenters. The molecule has 2 aromatic rings. The topological polar surface area (TPSA) is 89.0 Å². The molecule has 0 fully saturated rings. The van der Waals surface area contributed by atoms with Crippen molar-refractivity contribution < 1.29 is 19.1 Å². The molecule has 0 aliphatic heterocycles. The number of hydrogen-bond donors (Lipinski definition) is 2. The van der Waals surface area contributed by atoms with Crippen molar-refractivity contribution in [2.24, 2.45) is 11.0 Å². The summed E-state index contributed by atoms with van der Waals surface area (Å²) in [6.45, 7) is 6.59. The van der Waals surface area contributed by atoms with E-state index in [0.29, 0.717) is 35.1 Å². The third-order valence-corrected chi connectivity index (χ3v) is 5.58. The van der Waals surface area contributed by atoms with E-state index in [2.05, 4.69) is 38.4 Å². The van der Waals surface area contributed by atoms with E-state index in [4.69, 9.17) is 21.1 Å². The van der Waals surface area contributed by atoms with Crippen LogP contribution in [0.5, 0.6) is 11.5 Å². The Balaban J connectivity index is 2.09. The van der Waals surface area contributed by atoms with E-state index in [1.807, 2.05) is 26.8 Å². The molecule has 0 radical (unpaired) electrons. The molecular formula is C24H29ClIN3O4. The number of nitrogens with one attached hydrogen (secondary N) is 2. The van der Waals surface area contributed by atoms with Crippen molar-refractivity contribution in [3.63, 3.8) is 0 Å². The van der Waals surface area contributed by atoms with E-state index in [1.54, 1.807) is 37.4 Å². The van der Waals surface area contributed by atoms with E-state index < -0.39 is 11.9 Å². The highest BCUT2D eigenvalue weighted by Crippen LogP contribution is 2.33. The Hall–Kier alpha value is -2.33. The standard InChI is InChI=1S/C24H29ClIN3O4/c1-5-10-33-22-19(26)12-16(13-21(22)32-4)14-27-29-24(31)20(11-15(2)3)28-23(30)17-6-8-18(25)9-7-17/h6-9,12-15,20H,5,10-11H2,1-4H3,(H,28,30)(H,29,31)/b27-14+. The molecule has 2 amide bonds. The third kappa shape index (κ3) is 8.51. The molecule has 0 heterocycles. The van der Waals surface area contributed by atoms with Gasteiger partial charge in [0.05, 0.1) is 23.5 Å². The molecule has 2 rings (SSSR count). The van der Waals surface area contributed by atoms with Gasteiger partial charge in [-0.2, -0.15) is 5.10 Å². The number of benzene rings is 2. The van der Waals surface area contributed by atoms with Gasteiger partial charge in [0.1, 0.15) is 6.04 Å². The van der Waals surface area contributed by atoms with Crippen LogP contribution >= 0.6 is 34.2 Å². The maximum atomic E-state index is 12.7. The number of rotatable bonds is 11. The van der Waals surface area contributed by atoms with Gasteiger partial charge in [0, 0.05) is 10.6 Å². The summed E-state index contributed by atoms with van der Waals surface area (Å²) in [5, 5.41) is 7.39. The van der Waals surface area contributed by atoms with Gasteiger partial charge < -0.3 is 14.8 Å². The van der Waals surface area contributed by atoms with Gasteiger partial charge >= 0.3 is 0 Å². The Morgan fingerprint density at radius 3 is 2.52 bits per heavy atom. The van der Waals surface area contributed by atoms with Crippen LogP contribution in [0.2, 0.25) is 5.02 Å². The van der Waals surface area contributed by atoms with Gasteiger partial charge in [-0.3, -0.25) is 9.59 Å². The van der Waals surface area contributed by atoms with Crippen LogP contribution in [0.3, 0.4) is 0 Å². The Kier molecular flexibility index (Phi) is 10.9. The summed E-state index contributed by atoms with van der Waals surface area (Å²) >= 11 is 8.06. The molecular weight excluding hydrogens is 557 g/mol. The first-order chi connectivity index (χ1) is 15.7. The Bertz CT molecular complexity index is 980. The fraction of sp³-hybridized carbons (Fsp3) is 0.375. The molecule has 33 heavy (non-hydrogen) atoms. The second-order valence-corrected chi connectivity index (χ2v) is 9.38. The smallest absolute Gasteiger partial charge is 0.262 e. The molecule has 0 saturated carbocycles. The van der Waals surface area contributed by atoms with Crippen LogP contribution < -0.4 is 20.2 Å². The lowest BCUT2D eigenvalue weighted by atomic mass is 10.0. The van der Waals surface area contributed by atoms with Crippen LogP contribution in [0.25, 0.3) is 0 Å². The largest absolute Gasteiger partial charge is 0.493 e. The van der Waals surface area contributed by atoms with Crippen LogP contribution in [0.4, 0.5) is 0 Å². The molecule has 0 saturated heterocycles. The number of hydrogen-bond acceptors (Lipinski definition) is 5. The van der Waals surface area contributed by atoms with Gasteiger partial charge in [-0.25, -0.2) is 5.43 Å². The molecule has 0 aliphatic rings. The number of halogens is 2. The average molecular weight is 586 g/mol. The highest BCUT2D eigenvalue weighted by molar-refractivity contribution is 14.1. The lowest BCUT2D eigenvalue weighted by Gasteiger charge is -2.19. The van der Waals surface area contributed by atoms with E-state index in [1.165, 1.54) is 6.21 Å². The van der Waals surface area contributed by atoms with Gasteiger partial charge in [-0.15, -0.1) is 0 Å². The summed E-state index contributed by atoms with van der Waals surface area (Å²) in [5.41, 5.74) is 3.70. The number of hydrazone groups is 1. The van der Waals surface area contributed by atoms with Crippen LogP contribution in [0.15, 0.2) is 41.5 Å². The highest BCUT2D eigenvalue weighted by atomic mass is 127. The molecule has 178 valence electrons. The minimum absolute atomic E-state index is 0.191. The lowest BCUT2D eigenvalue weighted by Crippen LogP contribution is -2.46. The summed E-state index contributed by atoms with van der Waals surface area (Å²) in [6.07, 6.45) is 2.88. The second-order valence-electron chi connectivity index (χ2n) is 7.78. The number of carbonyl (C=O) groups is 2. The van der Waals surface area contributed by atoms with E-state index in [-0.39, 0.29) is 11.8 Å². The zero-order valence-corrected chi connectivity index (χ0v) is 22.1. The summed E-state index contributed by atoms with van der Waals surface area (Å²) in [7, 11) is 1.58. The van der Waals surface area contributed by atoms with Crippen LogP contribution in [0, 0.1) is 9.49 Å². The number of carbonyl (C=O) groups excluding carboxylic acids is 2. The molecule has 0 spiro atoms. The van der Waals surface area contributed by atoms with E-state index in [9.17, 15) is 9.59 Å². The number of methoxy groups -OCH3 is 1. The minimum atomic E-state index is -0.732. The Morgan fingerprint density at radius 1 is 1.21 bits per heavy atom. The van der Waals surface area contributed by atoms with E-state index in [0.717, 1.165) is 15.6 Å². The average Bonchev–Trinajstić information content (AvgIpc) is 2.77. The SMILES string of the molecule is CCCOc1c(I)cc(/C=N/NC(=O)C(CC(C)C)NC(=O)c2ccc(Cl)cc2)cc1OC. The zero-order chi connectivity index (χ0) is 24.4. The molecule has 7 nitrogen and oxygen atoms in total. The minimum Gasteiger partial charge on any atom is -0.493 e. The Morgan fingerprint density at radius 2 is 1.91 bits per heavy atom. The Labute approximate surface area is 213 Å². The maximum absolute atomic E-state index is 12.7. The van der Waals surface area contributed by atoms with Crippen LogP contribution in [0.1, 0.15) is 49.5 Å². The molecule has 0 bridgehead atoms. The third-order valence-electron chi connectivity index (χ3n) is 4.53. The number of nitrogens with zero attached hydrogens (tertiary/aromatic N) is 1. The molecule has 0 aromatic heterocycles. The fourth-order valence-electron chi connectivity index (χ4n) is 2.95. The summed E-state index contributed by atoms with van der Waals surface area (Å²) in [6, 6.07) is 9.43. The van der Waals surface area contributed by atoms with Crippen molar-refractivity contribution in [2.45, 2.75) is 39.7 Å². The number of amides is 2. The van der Waals surface area contributed by atoms with Crippen LogP contribution in [-0.2, 0) is 4.79 Å². The van der Waals surface area contributed by atoms with Gasteiger partial charge in [-0.1, -0.05) is 32.4 Å². The molecule has 2 aromatic carbocycles. The van der Waals surface area contributed by atoms with Gasteiger partial charge in [0.15, 0.2) is 11.5 Å². The first-order valence-corrected chi connectivity index (χ1v) is 12.1. The maximum Gasteiger partial charge on any atom is 0.262 e. The molecule has 0 aliphatic carbocycles. The van der Waals surface area contributed by atoms with Crippen molar-refractivity contribution >= 4 is 52.2 Å². The number of ether oxygens (including phenoxy) is 2. The van der Waals surface area contributed by atoms with Crippen molar-refractivity contribution in [1.82, 2.24) is 10.7 Å². The van der Waals surface area contributed by atoms with Gasteiger partial charge in [-0.05, 0) is 83.3 Å². The summed E-state index contributed by atoms with van der Waals surface area (Å²) < 4.78 is 12.1. The van der Waals surface area contributed by atoms with Crippen molar-refractivity contribution in [3.8, 4) is 11.5 Å². The highest BCUT2D eigenvalue weighted by Gasteiger charge is 2.22. The van der Waals surface area contributed by atoms with Gasteiger partial charge in [0.25, 0.3) is 11.8 Å². The monoisotopic (exact) mass is 585 g/mol. The molecule has 1 unspecified atom stereocenters. The van der Waals surface area contributed by atoms with E-state index >= 15 is 0 Å².